The highest BCUT2D eigenvalue weighted by Crippen LogP contribution is 2.22. The average Bonchev–Trinajstić information content (AvgIpc) is 3.26. The van der Waals surface area contributed by atoms with E-state index in [2.05, 4.69) is 46.4 Å². The zero-order valence-electron chi connectivity index (χ0n) is 12.5. The van der Waals surface area contributed by atoms with Crippen molar-refractivity contribution in [1.29, 1.82) is 0 Å². The minimum atomic E-state index is 0.711. The molecule has 0 aromatic heterocycles. The van der Waals surface area contributed by atoms with E-state index in [0.29, 0.717) is 6.61 Å². The molecule has 1 N–H and O–H groups in total. The first kappa shape index (κ1) is 16.0. The van der Waals surface area contributed by atoms with Crippen molar-refractivity contribution in [3.8, 4) is 0 Å². The number of unbranched alkanes of at least 4 members (excludes halogenated alkanes) is 3. The number of nitrogens with one attached hydrogen (secondary N) is 1. The van der Waals surface area contributed by atoms with E-state index in [1.54, 1.807) is 0 Å². The monoisotopic (exact) mass is 339 g/mol. The van der Waals surface area contributed by atoms with Crippen molar-refractivity contribution in [2.75, 3.05) is 6.61 Å². The van der Waals surface area contributed by atoms with E-state index in [0.717, 1.165) is 19.2 Å². The van der Waals surface area contributed by atoms with E-state index in [4.69, 9.17) is 4.74 Å². The summed E-state index contributed by atoms with van der Waals surface area (Å²) in [6.45, 7) is 4.79. The zero-order chi connectivity index (χ0) is 14.2. The molecule has 112 valence electrons. The predicted octanol–water partition coefficient (Wildman–Crippen LogP) is 4.80. The maximum Gasteiger partial charge on any atom is 0.0727 e. The molecule has 0 spiro atoms. The summed E-state index contributed by atoms with van der Waals surface area (Å²) in [6.07, 6.45) is 7.73. The Balaban J connectivity index is 1.68. The van der Waals surface area contributed by atoms with E-state index in [9.17, 15) is 0 Å². The first-order chi connectivity index (χ1) is 9.79. The van der Waals surface area contributed by atoms with Crippen LogP contribution in [0.15, 0.2) is 22.7 Å². The number of ether oxygens (including phenoxy) is 1. The van der Waals surface area contributed by atoms with E-state index in [1.807, 2.05) is 0 Å². The Bertz CT molecular complexity index is 404. The Kier molecular flexibility index (Phi) is 7.05. The SMILES string of the molecule is CCCCCCOCc1ccc(CNC2CC2)cc1Br. The molecule has 0 bridgehead atoms. The largest absolute Gasteiger partial charge is 0.377 e. The van der Waals surface area contributed by atoms with Crippen LogP contribution in [0.3, 0.4) is 0 Å². The Morgan fingerprint density at radius 1 is 1.25 bits per heavy atom. The second-order valence-electron chi connectivity index (χ2n) is 5.69. The van der Waals surface area contributed by atoms with Crippen molar-refractivity contribution < 1.29 is 4.74 Å². The molecular weight excluding hydrogens is 314 g/mol. The molecule has 2 rings (SSSR count). The molecule has 0 aliphatic heterocycles. The number of hydrogen-bond acceptors (Lipinski definition) is 2. The molecule has 3 heteroatoms. The fraction of sp³-hybridized carbons (Fsp3) is 0.647. The van der Waals surface area contributed by atoms with Gasteiger partial charge in [0.05, 0.1) is 6.61 Å². The van der Waals surface area contributed by atoms with Crippen molar-refractivity contribution in [2.45, 2.75) is 64.6 Å². The van der Waals surface area contributed by atoms with Gasteiger partial charge in [0.2, 0.25) is 0 Å². The Morgan fingerprint density at radius 2 is 2.10 bits per heavy atom. The van der Waals surface area contributed by atoms with Gasteiger partial charge in [-0.05, 0) is 36.5 Å². The van der Waals surface area contributed by atoms with Gasteiger partial charge in [-0.3, -0.25) is 0 Å². The van der Waals surface area contributed by atoms with Crippen molar-refractivity contribution >= 4 is 15.9 Å². The molecular formula is C17H26BrNO. The van der Waals surface area contributed by atoms with Gasteiger partial charge in [0.25, 0.3) is 0 Å². The van der Waals surface area contributed by atoms with E-state index >= 15 is 0 Å². The molecule has 1 saturated carbocycles. The van der Waals surface area contributed by atoms with Crippen LogP contribution in [0.1, 0.15) is 56.6 Å². The van der Waals surface area contributed by atoms with Gasteiger partial charge in [0.1, 0.15) is 0 Å². The lowest BCUT2D eigenvalue weighted by Gasteiger charge is -2.09. The lowest BCUT2D eigenvalue weighted by Crippen LogP contribution is -2.15. The van der Waals surface area contributed by atoms with E-state index in [1.165, 1.54) is 54.1 Å². The summed E-state index contributed by atoms with van der Waals surface area (Å²) in [5.74, 6) is 0. The summed E-state index contributed by atoms with van der Waals surface area (Å²) >= 11 is 3.66. The van der Waals surface area contributed by atoms with Crippen LogP contribution >= 0.6 is 15.9 Å². The number of hydrogen-bond donors (Lipinski definition) is 1. The highest BCUT2D eigenvalue weighted by atomic mass is 79.9. The molecule has 2 nitrogen and oxygen atoms in total. The summed E-state index contributed by atoms with van der Waals surface area (Å²) in [6, 6.07) is 7.36. The quantitative estimate of drug-likeness (QED) is 0.618. The predicted molar refractivity (Wildman–Crippen MR) is 87.8 cm³/mol. The highest BCUT2D eigenvalue weighted by molar-refractivity contribution is 9.10. The fourth-order valence-corrected chi connectivity index (χ4v) is 2.72. The normalized spacial score (nSPS) is 14.7. The Morgan fingerprint density at radius 3 is 2.80 bits per heavy atom. The summed E-state index contributed by atoms with van der Waals surface area (Å²) in [5, 5.41) is 3.54. The van der Waals surface area contributed by atoms with Crippen LogP contribution in [-0.2, 0) is 17.9 Å². The van der Waals surface area contributed by atoms with Gasteiger partial charge in [-0.2, -0.15) is 0 Å². The maximum atomic E-state index is 5.75. The Hall–Kier alpha value is -0.380. The molecule has 0 radical (unpaired) electrons. The number of rotatable bonds is 10. The van der Waals surface area contributed by atoms with Crippen molar-refractivity contribution in [2.24, 2.45) is 0 Å². The lowest BCUT2D eigenvalue weighted by atomic mass is 10.1. The van der Waals surface area contributed by atoms with Crippen LogP contribution in [0.2, 0.25) is 0 Å². The molecule has 20 heavy (non-hydrogen) atoms. The molecule has 0 heterocycles. The Labute approximate surface area is 131 Å². The molecule has 0 unspecified atom stereocenters. The fourth-order valence-electron chi connectivity index (χ4n) is 2.18. The van der Waals surface area contributed by atoms with Crippen LogP contribution in [0.4, 0.5) is 0 Å². The third-order valence-electron chi connectivity index (χ3n) is 3.69. The third-order valence-corrected chi connectivity index (χ3v) is 4.43. The zero-order valence-corrected chi connectivity index (χ0v) is 14.0. The van der Waals surface area contributed by atoms with Gasteiger partial charge in [-0.1, -0.05) is 54.2 Å². The molecule has 1 fully saturated rings. The molecule has 1 aromatic rings. The van der Waals surface area contributed by atoms with Crippen LogP contribution in [0, 0.1) is 0 Å². The lowest BCUT2D eigenvalue weighted by molar-refractivity contribution is 0.116. The van der Waals surface area contributed by atoms with Crippen molar-refractivity contribution in [1.82, 2.24) is 5.32 Å². The second kappa shape index (κ2) is 8.81. The number of benzene rings is 1. The maximum absolute atomic E-state index is 5.75. The minimum absolute atomic E-state index is 0.711. The standard InChI is InChI=1S/C17H26BrNO/c1-2-3-4-5-10-20-13-15-7-6-14(11-17(15)18)12-19-16-8-9-16/h6-7,11,16,19H,2-5,8-10,12-13H2,1H3. The van der Waals surface area contributed by atoms with Gasteiger partial charge in [0, 0.05) is 23.7 Å². The average molecular weight is 340 g/mol. The van der Waals surface area contributed by atoms with Gasteiger partial charge < -0.3 is 10.1 Å². The molecule has 1 aromatic carbocycles. The molecule has 0 saturated heterocycles. The smallest absolute Gasteiger partial charge is 0.0727 e. The van der Waals surface area contributed by atoms with Crippen LogP contribution in [0.5, 0.6) is 0 Å². The summed E-state index contributed by atoms with van der Waals surface area (Å²) in [4.78, 5) is 0. The van der Waals surface area contributed by atoms with E-state index < -0.39 is 0 Å². The number of halogens is 1. The highest BCUT2D eigenvalue weighted by Gasteiger charge is 2.19. The summed E-state index contributed by atoms with van der Waals surface area (Å²) in [5.41, 5.74) is 2.59. The third kappa shape index (κ3) is 5.94. The van der Waals surface area contributed by atoms with Gasteiger partial charge in [-0.25, -0.2) is 0 Å². The van der Waals surface area contributed by atoms with Crippen LogP contribution in [-0.4, -0.2) is 12.6 Å². The van der Waals surface area contributed by atoms with Crippen LogP contribution in [0.25, 0.3) is 0 Å². The van der Waals surface area contributed by atoms with Crippen LogP contribution < -0.4 is 5.32 Å². The topological polar surface area (TPSA) is 21.3 Å². The van der Waals surface area contributed by atoms with Gasteiger partial charge in [-0.15, -0.1) is 0 Å². The van der Waals surface area contributed by atoms with Gasteiger partial charge in [0.15, 0.2) is 0 Å². The second-order valence-corrected chi connectivity index (χ2v) is 6.55. The summed E-state index contributed by atoms with van der Waals surface area (Å²) in [7, 11) is 0. The first-order valence-corrected chi connectivity index (χ1v) is 8.67. The molecule has 1 aliphatic rings. The molecule has 0 atom stereocenters. The molecule has 1 aliphatic carbocycles. The first-order valence-electron chi connectivity index (χ1n) is 7.88. The van der Waals surface area contributed by atoms with Gasteiger partial charge >= 0.3 is 0 Å². The van der Waals surface area contributed by atoms with Crippen molar-refractivity contribution in [3.05, 3.63) is 33.8 Å². The molecule has 0 amide bonds. The van der Waals surface area contributed by atoms with E-state index in [-0.39, 0.29) is 0 Å². The minimum Gasteiger partial charge on any atom is -0.377 e. The summed E-state index contributed by atoms with van der Waals surface area (Å²) < 4.78 is 6.92. The van der Waals surface area contributed by atoms with Crippen molar-refractivity contribution in [3.63, 3.8) is 0 Å².